The van der Waals surface area contributed by atoms with Crippen molar-refractivity contribution in [1.82, 2.24) is 5.32 Å². The van der Waals surface area contributed by atoms with Crippen LogP contribution in [0.15, 0.2) is 54.6 Å². The Morgan fingerprint density at radius 1 is 1.10 bits per heavy atom. The normalized spacial score (nSPS) is 19.2. The van der Waals surface area contributed by atoms with E-state index in [9.17, 15) is 14.7 Å². The first-order valence-corrected chi connectivity index (χ1v) is 9.77. The molecule has 1 aliphatic carbocycles. The summed E-state index contributed by atoms with van der Waals surface area (Å²) in [7, 11) is 0. The predicted octanol–water partition coefficient (Wildman–Crippen LogP) is 3.00. The van der Waals surface area contributed by atoms with E-state index in [-0.39, 0.29) is 29.5 Å². The molecular weight excluding hydrogens is 366 g/mol. The number of rotatable bonds is 7. The second kappa shape index (κ2) is 8.92. The Kier molecular flexibility index (Phi) is 6.34. The van der Waals surface area contributed by atoms with Crippen LogP contribution in [0.25, 0.3) is 6.08 Å². The zero-order valence-corrected chi connectivity index (χ0v) is 16.6. The van der Waals surface area contributed by atoms with Crippen LogP contribution in [0.4, 0.5) is 5.69 Å². The smallest absolute Gasteiger partial charge is 0.247 e. The van der Waals surface area contributed by atoms with Crippen LogP contribution < -0.4 is 16.4 Å². The van der Waals surface area contributed by atoms with Crippen LogP contribution in [-0.2, 0) is 9.59 Å². The molecular formula is C23H27N3O3. The summed E-state index contributed by atoms with van der Waals surface area (Å²) < 4.78 is 0. The van der Waals surface area contributed by atoms with Crippen LogP contribution in [0.1, 0.15) is 37.3 Å². The van der Waals surface area contributed by atoms with E-state index in [0.717, 1.165) is 12.0 Å². The summed E-state index contributed by atoms with van der Waals surface area (Å²) in [5, 5.41) is 14.9. The number of hydrogen-bond acceptors (Lipinski definition) is 4. The molecule has 152 valence electrons. The van der Waals surface area contributed by atoms with Gasteiger partial charge in [-0.05, 0) is 53.8 Å². The lowest BCUT2D eigenvalue weighted by molar-refractivity contribution is -0.124. The summed E-state index contributed by atoms with van der Waals surface area (Å²) in [6.07, 6.45) is 4.01. The highest BCUT2D eigenvalue weighted by atomic mass is 16.3. The minimum atomic E-state index is -0.663. The summed E-state index contributed by atoms with van der Waals surface area (Å²) in [6.45, 7) is 3.76. The number of nitrogens with two attached hydrogens (primary N) is 1. The van der Waals surface area contributed by atoms with E-state index >= 15 is 0 Å². The van der Waals surface area contributed by atoms with Gasteiger partial charge in [0.25, 0.3) is 0 Å². The van der Waals surface area contributed by atoms with Crippen molar-refractivity contribution in [2.24, 2.45) is 11.7 Å². The van der Waals surface area contributed by atoms with E-state index in [2.05, 4.69) is 10.6 Å². The molecule has 2 aromatic rings. The molecule has 0 heterocycles. The van der Waals surface area contributed by atoms with Crippen molar-refractivity contribution in [3.63, 3.8) is 0 Å². The molecule has 6 nitrogen and oxygen atoms in total. The lowest BCUT2D eigenvalue weighted by Gasteiger charge is -2.21. The first kappa shape index (κ1) is 20.6. The Balaban J connectivity index is 1.58. The molecule has 1 aliphatic rings. The number of hydrogen-bond donors (Lipinski definition) is 4. The maximum Gasteiger partial charge on any atom is 0.247 e. The number of benzene rings is 2. The van der Waals surface area contributed by atoms with Crippen LogP contribution >= 0.6 is 0 Å². The molecule has 0 bridgehead atoms. The van der Waals surface area contributed by atoms with Crippen molar-refractivity contribution in [3.05, 3.63) is 65.7 Å². The molecule has 0 aliphatic heterocycles. The number of carbonyl (C=O) groups is 2. The highest BCUT2D eigenvalue weighted by molar-refractivity contribution is 6.00. The van der Waals surface area contributed by atoms with Crippen LogP contribution in [0, 0.1) is 5.92 Å². The summed E-state index contributed by atoms with van der Waals surface area (Å²) in [5.74, 6) is -0.115. The van der Waals surface area contributed by atoms with Crippen LogP contribution in [-0.4, -0.2) is 29.0 Å². The third-order valence-electron chi connectivity index (χ3n) is 5.01. The van der Waals surface area contributed by atoms with Gasteiger partial charge in [-0.25, -0.2) is 0 Å². The maximum atomic E-state index is 12.7. The van der Waals surface area contributed by atoms with Gasteiger partial charge in [-0.15, -0.1) is 0 Å². The Morgan fingerprint density at radius 2 is 1.72 bits per heavy atom. The fourth-order valence-corrected chi connectivity index (χ4v) is 3.13. The molecule has 1 fully saturated rings. The molecule has 2 amide bonds. The van der Waals surface area contributed by atoms with Gasteiger partial charge in [0.1, 0.15) is 11.8 Å². The molecule has 0 spiro atoms. The van der Waals surface area contributed by atoms with Crippen LogP contribution in [0.3, 0.4) is 0 Å². The monoisotopic (exact) mass is 393 g/mol. The molecule has 2 aromatic carbocycles. The Bertz CT molecular complexity index is 889. The van der Waals surface area contributed by atoms with Gasteiger partial charge in [0.2, 0.25) is 11.8 Å². The molecule has 0 aromatic heterocycles. The van der Waals surface area contributed by atoms with Crippen molar-refractivity contribution < 1.29 is 14.7 Å². The standard InChI is InChI=1S/C23H27N3O3/c1-14(2)22(26-21(28)12-5-15-3-10-18(27)11-4-15)23(29)25-17-8-6-16(7-9-17)19-13-20(19)24/h3-12,14,19-20,22,27H,13,24H2,1-2H3,(H,25,29)(H,26,28)/b12-5+/t19?,20?,22-/m0/s1. The van der Waals surface area contributed by atoms with Gasteiger partial charge in [0.05, 0.1) is 0 Å². The molecule has 29 heavy (non-hydrogen) atoms. The summed E-state index contributed by atoms with van der Waals surface area (Å²) in [6, 6.07) is 13.8. The van der Waals surface area contributed by atoms with Gasteiger partial charge in [-0.3, -0.25) is 9.59 Å². The third-order valence-corrected chi connectivity index (χ3v) is 5.01. The lowest BCUT2D eigenvalue weighted by atomic mass is 10.0. The first-order valence-electron chi connectivity index (χ1n) is 9.77. The minimum Gasteiger partial charge on any atom is -0.508 e. The van der Waals surface area contributed by atoms with Gasteiger partial charge in [-0.1, -0.05) is 38.1 Å². The summed E-state index contributed by atoms with van der Waals surface area (Å²) in [5.41, 5.74) is 8.53. The third kappa shape index (κ3) is 5.68. The second-order valence-corrected chi connectivity index (χ2v) is 7.77. The first-order chi connectivity index (χ1) is 13.8. The molecule has 6 heteroatoms. The van der Waals surface area contributed by atoms with Crippen molar-refractivity contribution in [1.29, 1.82) is 0 Å². The van der Waals surface area contributed by atoms with Gasteiger partial charge in [0.15, 0.2) is 0 Å². The summed E-state index contributed by atoms with van der Waals surface area (Å²) >= 11 is 0. The highest BCUT2D eigenvalue weighted by Crippen LogP contribution is 2.39. The van der Waals surface area contributed by atoms with Crippen LogP contribution in [0.2, 0.25) is 0 Å². The van der Waals surface area contributed by atoms with Gasteiger partial charge >= 0.3 is 0 Å². The van der Waals surface area contributed by atoms with E-state index in [0.29, 0.717) is 11.6 Å². The zero-order valence-electron chi connectivity index (χ0n) is 16.6. The van der Waals surface area contributed by atoms with Gasteiger partial charge in [-0.2, -0.15) is 0 Å². The second-order valence-electron chi connectivity index (χ2n) is 7.77. The molecule has 5 N–H and O–H groups in total. The van der Waals surface area contributed by atoms with E-state index in [4.69, 9.17) is 5.73 Å². The van der Waals surface area contributed by atoms with E-state index in [1.165, 1.54) is 11.6 Å². The summed E-state index contributed by atoms with van der Waals surface area (Å²) in [4.78, 5) is 25.0. The minimum absolute atomic E-state index is 0.0789. The van der Waals surface area contributed by atoms with E-state index in [1.807, 2.05) is 38.1 Å². The topological polar surface area (TPSA) is 104 Å². The molecule has 3 atom stereocenters. The predicted molar refractivity (Wildman–Crippen MR) is 114 cm³/mol. The number of phenolic OH excluding ortho intramolecular Hbond substituents is 1. The number of amides is 2. The van der Waals surface area contributed by atoms with Gasteiger partial charge < -0.3 is 21.5 Å². The fourth-order valence-electron chi connectivity index (χ4n) is 3.13. The van der Waals surface area contributed by atoms with Crippen molar-refractivity contribution in [2.45, 2.75) is 38.3 Å². The Labute approximate surface area is 170 Å². The molecule has 0 saturated heterocycles. The van der Waals surface area contributed by atoms with E-state index in [1.54, 1.807) is 30.3 Å². The largest absolute Gasteiger partial charge is 0.508 e. The molecule has 0 radical (unpaired) electrons. The van der Waals surface area contributed by atoms with Crippen molar-refractivity contribution in [2.75, 3.05) is 5.32 Å². The fraction of sp³-hybridized carbons (Fsp3) is 0.304. The zero-order chi connectivity index (χ0) is 21.0. The Hall–Kier alpha value is -3.12. The average molecular weight is 393 g/mol. The number of anilines is 1. The molecule has 1 saturated carbocycles. The number of phenols is 1. The number of carbonyl (C=O) groups excluding carboxylic acids is 2. The SMILES string of the molecule is CC(C)[C@H](NC(=O)/C=C/c1ccc(O)cc1)C(=O)Nc1ccc(C2CC2N)cc1. The van der Waals surface area contributed by atoms with Crippen molar-refractivity contribution >= 4 is 23.6 Å². The van der Waals surface area contributed by atoms with Gasteiger partial charge in [0, 0.05) is 23.7 Å². The number of aromatic hydroxyl groups is 1. The highest BCUT2D eigenvalue weighted by Gasteiger charge is 2.34. The number of nitrogens with one attached hydrogen (secondary N) is 2. The Morgan fingerprint density at radius 3 is 2.28 bits per heavy atom. The van der Waals surface area contributed by atoms with E-state index < -0.39 is 6.04 Å². The van der Waals surface area contributed by atoms with Crippen LogP contribution in [0.5, 0.6) is 5.75 Å². The van der Waals surface area contributed by atoms with Crippen molar-refractivity contribution in [3.8, 4) is 5.75 Å². The average Bonchev–Trinajstić information content (AvgIpc) is 3.42. The quantitative estimate of drug-likeness (QED) is 0.543. The maximum absolute atomic E-state index is 12.7. The molecule has 3 rings (SSSR count). The lowest BCUT2D eigenvalue weighted by Crippen LogP contribution is -2.46. The molecule has 2 unspecified atom stereocenters.